The molecule has 3 atom stereocenters. The Kier molecular flexibility index (Phi) is 6.49. The maximum absolute atomic E-state index is 13.7. The number of ether oxygens (including phenoxy) is 1. The van der Waals surface area contributed by atoms with Gasteiger partial charge in [0.2, 0.25) is 0 Å². The molecule has 180 valence electrons. The quantitative estimate of drug-likeness (QED) is 0.469. The second-order valence-corrected chi connectivity index (χ2v) is 8.32. The number of allylic oxidation sites excluding steroid dienone is 2. The van der Waals surface area contributed by atoms with Crippen LogP contribution in [0.1, 0.15) is 38.7 Å². The first-order chi connectivity index (χ1) is 16.2. The Balaban J connectivity index is 1.59. The molecule has 3 unspecified atom stereocenters. The van der Waals surface area contributed by atoms with Crippen molar-refractivity contribution in [1.29, 1.82) is 0 Å². The van der Waals surface area contributed by atoms with Gasteiger partial charge in [-0.15, -0.1) is 0 Å². The molecule has 0 aromatic carbocycles. The van der Waals surface area contributed by atoms with Crippen LogP contribution >= 0.6 is 0 Å². The smallest absolute Gasteiger partial charge is 0.419 e. The summed E-state index contributed by atoms with van der Waals surface area (Å²) in [5, 5.41) is 8.20. The number of nitrogens with zero attached hydrogens (tertiary/aromatic N) is 7. The number of aromatic nitrogens is 5. The van der Waals surface area contributed by atoms with Crippen molar-refractivity contribution in [2.45, 2.75) is 51.4 Å². The van der Waals surface area contributed by atoms with E-state index in [0.29, 0.717) is 43.2 Å². The zero-order chi connectivity index (χ0) is 24.5. The van der Waals surface area contributed by atoms with Gasteiger partial charge in [-0.05, 0) is 45.1 Å². The molecule has 1 saturated carbocycles. The minimum atomic E-state index is -4.53. The van der Waals surface area contributed by atoms with E-state index < -0.39 is 17.8 Å². The molecule has 1 aliphatic carbocycles. The summed E-state index contributed by atoms with van der Waals surface area (Å²) in [6.07, 6.45) is 3.26. The normalized spacial score (nSPS) is 23.5. The van der Waals surface area contributed by atoms with E-state index in [4.69, 9.17) is 4.74 Å². The number of carbonyl (C=O) groups is 1. The molecular weight excluding hydrogens is 451 g/mol. The predicted octanol–water partition coefficient (Wildman–Crippen LogP) is 3.38. The van der Waals surface area contributed by atoms with Crippen LogP contribution in [-0.2, 0) is 11.0 Å². The Morgan fingerprint density at radius 1 is 1.21 bits per heavy atom. The van der Waals surface area contributed by atoms with Gasteiger partial charge in [0.05, 0.1) is 29.7 Å². The Hall–Kier alpha value is -3.57. The summed E-state index contributed by atoms with van der Waals surface area (Å²) < 4.78 is 44.3. The lowest BCUT2D eigenvalue weighted by atomic mass is 9.77. The van der Waals surface area contributed by atoms with E-state index in [1.807, 2.05) is 0 Å². The molecule has 3 aliphatic rings. The summed E-state index contributed by atoms with van der Waals surface area (Å²) in [6.45, 7) is 7.68. The van der Waals surface area contributed by atoms with Gasteiger partial charge in [0.25, 0.3) is 5.91 Å². The minimum absolute atomic E-state index is 0.147. The number of hydrogen-bond donors (Lipinski definition) is 0. The van der Waals surface area contributed by atoms with E-state index in [1.165, 1.54) is 17.2 Å². The monoisotopic (exact) mass is 475 g/mol. The van der Waals surface area contributed by atoms with E-state index in [2.05, 4.69) is 31.7 Å². The Labute approximate surface area is 194 Å². The standard InChI is InChI=1S/C22H24F3N7O2/c1-4-13(2)30-19(14(3)32-28-7-8-29-32)20(33)31-12-15-5-6-17(31)18(9-15)34-21-26-10-16(11-27-21)22(23,24)25/h4,7-8,10-11,15,17-18H,1,5-6,9,12H2,2-3H3/b19-14+,30-13?. The summed E-state index contributed by atoms with van der Waals surface area (Å²) in [7, 11) is 0. The van der Waals surface area contributed by atoms with Crippen molar-refractivity contribution in [2.75, 3.05) is 6.54 Å². The van der Waals surface area contributed by atoms with Gasteiger partial charge in [-0.1, -0.05) is 6.58 Å². The topological polar surface area (TPSA) is 98.4 Å². The molecular formula is C22H24F3N7O2. The van der Waals surface area contributed by atoms with Crippen molar-refractivity contribution >= 4 is 17.3 Å². The van der Waals surface area contributed by atoms with Crippen LogP contribution in [0.5, 0.6) is 6.01 Å². The highest BCUT2D eigenvalue weighted by atomic mass is 19.4. The van der Waals surface area contributed by atoms with Crippen molar-refractivity contribution in [3.05, 3.63) is 48.7 Å². The summed E-state index contributed by atoms with van der Waals surface area (Å²) in [4.78, 5) is 28.6. The first kappa shape index (κ1) is 23.6. The zero-order valence-corrected chi connectivity index (χ0v) is 18.7. The number of fused-ring (bicyclic) bond motifs is 3. The number of hydrogen-bond acceptors (Lipinski definition) is 7. The summed E-state index contributed by atoms with van der Waals surface area (Å²) in [6, 6.07) is -0.442. The molecule has 0 spiro atoms. The van der Waals surface area contributed by atoms with E-state index in [9.17, 15) is 18.0 Å². The molecule has 4 heterocycles. The Morgan fingerprint density at radius 3 is 2.47 bits per heavy atom. The molecule has 2 bridgehead atoms. The van der Waals surface area contributed by atoms with Crippen LogP contribution in [0.15, 0.2) is 48.1 Å². The molecule has 2 saturated heterocycles. The van der Waals surface area contributed by atoms with Gasteiger partial charge in [0.1, 0.15) is 6.10 Å². The number of rotatable bonds is 6. The summed E-state index contributed by atoms with van der Waals surface area (Å²) >= 11 is 0. The summed E-state index contributed by atoms with van der Waals surface area (Å²) in [5.41, 5.74) is 0.254. The van der Waals surface area contributed by atoms with Crippen molar-refractivity contribution in [3.63, 3.8) is 0 Å². The fraction of sp³-hybridized carbons (Fsp3) is 0.455. The molecule has 0 N–H and O–H groups in total. The van der Waals surface area contributed by atoms with E-state index >= 15 is 0 Å². The third-order valence-electron chi connectivity index (χ3n) is 6.04. The third kappa shape index (κ3) is 4.85. The predicted molar refractivity (Wildman–Crippen MR) is 117 cm³/mol. The molecule has 12 heteroatoms. The molecule has 9 nitrogen and oxygen atoms in total. The lowest BCUT2D eigenvalue weighted by molar-refractivity contribution is -0.141. The van der Waals surface area contributed by atoms with Crippen molar-refractivity contribution in [3.8, 4) is 6.01 Å². The fourth-order valence-electron chi connectivity index (χ4n) is 4.28. The van der Waals surface area contributed by atoms with Crippen LogP contribution in [0, 0.1) is 5.92 Å². The molecule has 2 aromatic heterocycles. The third-order valence-corrected chi connectivity index (χ3v) is 6.04. The molecule has 2 aromatic rings. The second kappa shape index (κ2) is 9.35. The van der Waals surface area contributed by atoms with Gasteiger partial charge in [-0.25, -0.2) is 15.0 Å². The Morgan fingerprint density at radius 2 is 1.88 bits per heavy atom. The number of carbonyl (C=O) groups excluding carboxylic acids is 1. The maximum atomic E-state index is 13.7. The lowest BCUT2D eigenvalue weighted by Gasteiger charge is -2.49. The van der Waals surface area contributed by atoms with Crippen molar-refractivity contribution < 1.29 is 22.7 Å². The van der Waals surface area contributed by atoms with E-state index in [-0.39, 0.29) is 29.6 Å². The number of halogens is 3. The molecule has 2 aliphatic heterocycles. The highest BCUT2D eigenvalue weighted by Crippen LogP contribution is 2.38. The number of piperidine rings is 2. The SMILES string of the molecule is C=CC(C)=N/C(C(=O)N1CC2CCC1C(Oc1ncc(C(F)(F)F)cn1)C2)=C(\C)n1nccn1. The number of amides is 1. The zero-order valence-electron chi connectivity index (χ0n) is 18.7. The van der Waals surface area contributed by atoms with Gasteiger partial charge < -0.3 is 9.64 Å². The van der Waals surface area contributed by atoms with Gasteiger partial charge >= 0.3 is 12.2 Å². The van der Waals surface area contributed by atoms with Crippen molar-refractivity contribution in [2.24, 2.45) is 10.9 Å². The van der Waals surface area contributed by atoms with E-state index in [1.54, 1.807) is 24.8 Å². The molecule has 1 amide bonds. The van der Waals surface area contributed by atoms with Crippen LogP contribution in [-0.4, -0.2) is 60.2 Å². The number of alkyl halides is 3. The Bertz CT molecular complexity index is 1110. The van der Waals surface area contributed by atoms with Crippen LogP contribution in [0.25, 0.3) is 5.70 Å². The first-order valence-electron chi connectivity index (χ1n) is 10.8. The largest absolute Gasteiger partial charge is 0.458 e. The lowest BCUT2D eigenvalue weighted by Crippen LogP contribution is -2.59. The molecule has 3 fully saturated rings. The molecule has 5 rings (SSSR count). The highest BCUT2D eigenvalue weighted by molar-refractivity contribution is 6.03. The maximum Gasteiger partial charge on any atom is 0.419 e. The van der Waals surface area contributed by atoms with Crippen LogP contribution in [0.2, 0.25) is 0 Å². The van der Waals surface area contributed by atoms with Crippen LogP contribution < -0.4 is 4.74 Å². The van der Waals surface area contributed by atoms with Crippen LogP contribution in [0.3, 0.4) is 0 Å². The molecule has 34 heavy (non-hydrogen) atoms. The number of aliphatic imine (C=N–C) groups is 1. The summed E-state index contributed by atoms with van der Waals surface area (Å²) in [5.74, 6) is -0.116. The average Bonchev–Trinajstić information content (AvgIpc) is 3.36. The second-order valence-electron chi connectivity index (χ2n) is 8.32. The van der Waals surface area contributed by atoms with Crippen molar-refractivity contribution in [1.82, 2.24) is 29.9 Å². The molecule has 0 radical (unpaired) electrons. The first-order valence-corrected chi connectivity index (χ1v) is 10.8. The minimum Gasteiger partial charge on any atom is -0.458 e. The van der Waals surface area contributed by atoms with Gasteiger partial charge in [-0.2, -0.15) is 28.2 Å². The van der Waals surface area contributed by atoms with Gasteiger partial charge in [-0.3, -0.25) is 4.79 Å². The van der Waals surface area contributed by atoms with Gasteiger partial charge in [0.15, 0.2) is 5.70 Å². The van der Waals surface area contributed by atoms with Gasteiger partial charge in [0, 0.05) is 24.7 Å². The highest BCUT2D eigenvalue weighted by Gasteiger charge is 2.45. The van der Waals surface area contributed by atoms with E-state index in [0.717, 1.165) is 6.42 Å². The average molecular weight is 475 g/mol. The van der Waals surface area contributed by atoms with Crippen LogP contribution in [0.4, 0.5) is 13.2 Å². The fourth-order valence-corrected chi connectivity index (χ4v) is 4.28.